The Balaban J connectivity index is 2.05. The zero-order valence-corrected chi connectivity index (χ0v) is 11.3. The van der Waals surface area contributed by atoms with Gasteiger partial charge in [0.25, 0.3) is 0 Å². The lowest BCUT2D eigenvalue weighted by molar-refractivity contribution is 0.0481. The highest BCUT2D eigenvalue weighted by Gasteiger charge is 2.22. The summed E-state index contributed by atoms with van der Waals surface area (Å²) < 4.78 is 0. The molecule has 1 atom stereocenters. The van der Waals surface area contributed by atoms with Gasteiger partial charge in [-0.1, -0.05) is 23.7 Å². The first-order valence-electron chi connectivity index (χ1n) is 5.57. The smallest absolute Gasteiger partial charge is 0.0871 e. The average Bonchev–Trinajstić information content (AvgIpc) is 2.80. The molecule has 1 heterocycles. The summed E-state index contributed by atoms with van der Waals surface area (Å²) in [6.07, 6.45) is 1.60. The Hall–Kier alpha value is -0.830. The lowest BCUT2D eigenvalue weighted by Crippen LogP contribution is -2.21. The Labute approximate surface area is 111 Å². The van der Waals surface area contributed by atoms with Crippen molar-refractivity contribution in [2.75, 3.05) is 0 Å². The summed E-state index contributed by atoms with van der Waals surface area (Å²) in [5, 5.41) is 15.3. The van der Waals surface area contributed by atoms with Gasteiger partial charge < -0.3 is 5.11 Å². The highest BCUT2D eigenvalue weighted by molar-refractivity contribution is 7.07. The third-order valence-electron chi connectivity index (χ3n) is 2.95. The van der Waals surface area contributed by atoms with E-state index in [1.165, 1.54) is 5.56 Å². The molecular formula is C14H15ClOS. The molecule has 0 bridgehead atoms. The second kappa shape index (κ2) is 5.21. The summed E-state index contributed by atoms with van der Waals surface area (Å²) in [5.41, 5.74) is 1.40. The Kier molecular flexibility index (Phi) is 3.87. The van der Waals surface area contributed by atoms with Crippen molar-refractivity contribution in [1.29, 1.82) is 0 Å². The van der Waals surface area contributed by atoms with Crippen molar-refractivity contribution in [3.8, 4) is 0 Å². The summed E-state index contributed by atoms with van der Waals surface area (Å²) in [4.78, 5) is 0. The molecule has 0 amide bonds. The Morgan fingerprint density at radius 1 is 1.24 bits per heavy atom. The zero-order valence-electron chi connectivity index (χ0n) is 9.69. The van der Waals surface area contributed by atoms with Crippen LogP contribution in [0.15, 0.2) is 41.1 Å². The lowest BCUT2D eigenvalue weighted by atomic mass is 9.90. The van der Waals surface area contributed by atoms with Gasteiger partial charge in [-0.15, -0.1) is 0 Å². The number of benzene rings is 1. The van der Waals surface area contributed by atoms with Gasteiger partial charge in [-0.05, 0) is 59.9 Å². The number of hydrogen-bond acceptors (Lipinski definition) is 2. The minimum absolute atomic E-state index is 0.697. The second-order valence-corrected chi connectivity index (χ2v) is 5.63. The minimum Gasteiger partial charge on any atom is -0.385 e. The Bertz CT molecular complexity index is 459. The average molecular weight is 267 g/mol. The highest BCUT2D eigenvalue weighted by atomic mass is 35.5. The topological polar surface area (TPSA) is 20.2 Å². The molecule has 1 aromatic heterocycles. The van der Waals surface area contributed by atoms with Gasteiger partial charge >= 0.3 is 0 Å². The maximum Gasteiger partial charge on any atom is 0.0871 e. The molecule has 1 nitrogen and oxygen atoms in total. The third-order valence-corrected chi connectivity index (χ3v) is 3.93. The molecule has 0 saturated heterocycles. The molecule has 3 heteroatoms. The minimum atomic E-state index is -0.799. The van der Waals surface area contributed by atoms with Crippen LogP contribution in [-0.2, 0) is 12.0 Å². The van der Waals surface area contributed by atoms with Crippen LogP contribution in [0.2, 0.25) is 5.02 Å². The van der Waals surface area contributed by atoms with Gasteiger partial charge in [0.15, 0.2) is 0 Å². The van der Waals surface area contributed by atoms with Gasteiger partial charge in [0.2, 0.25) is 0 Å². The van der Waals surface area contributed by atoms with E-state index in [4.69, 9.17) is 11.6 Å². The summed E-state index contributed by atoms with van der Waals surface area (Å²) in [6.45, 7) is 1.85. The van der Waals surface area contributed by atoms with Crippen molar-refractivity contribution < 1.29 is 5.11 Å². The molecule has 1 aromatic carbocycles. The largest absolute Gasteiger partial charge is 0.385 e. The highest BCUT2D eigenvalue weighted by Crippen LogP contribution is 2.27. The summed E-state index contributed by atoms with van der Waals surface area (Å²) in [6, 6.07) is 9.50. The number of thiophene rings is 1. The molecule has 0 fully saturated rings. The van der Waals surface area contributed by atoms with Crippen LogP contribution in [0.5, 0.6) is 0 Å². The van der Waals surface area contributed by atoms with Gasteiger partial charge in [-0.2, -0.15) is 11.3 Å². The van der Waals surface area contributed by atoms with E-state index < -0.39 is 5.60 Å². The molecule has 17 heavy (non-hydrogen) atoms. The molecule has 0 aliphatic carbocycles. The molecule has 2 aromatic rings. The van der Waals surface area contributed by atoms with Gasteiger partial charge in [0.05, 0.1) is 5.60 Å². The molecule has 0 spiro atoms. The van der Waals surface area contributed by atoms with E-state index in [-0.39, 0.29) is 0 Å². The van der Waals surface area contributed by atoms with E-state index in [0.717, 1.165) is 12.0 Å². The quantitative estimate of drug-likeness (QED) is 0.878. The van der Waals surface area contributed by atoms with Crippen LogP contribution in [0.4, 0.5) is 0 Å². The van der Waals surface area contributed by atoms with Crippen molar-refractivity contribution in [3.63, 3.8) is 0 Å². The first-order valence-corrected chi connectivity index (χ1v) is 6.89. The van der Waals surface area contributed by atoms with Crippen LogP contribution < -0.4 is 0 Å². The number of halogens is 1. The monoisotopic (exact) mass is 266 g/mol. The molecule has 0 radical (unpaired) electrons. The SMILES string of the molecule is CC(O)(CCc1ccsc1)c1ccc(Cl)cc1. The van der Waals surface area contributed by atoms with E-state index in [9.17, 15) is 5.11 Å². The van der Waals surface area contributed by atoms with Gasteiger partial charge in [-0.3, -0.25) is 0 Å². The predicted molar refractivity (Wildman–Crippen MR) is 73.7 cm³/mol. The fourth-order valence-corrected chi connectivity index (χ4v) is 2.61. The van der Waals surface area contributed by atoms with Crippen LogP contribution in [-0.4, -0.2) is 5.11 Å². The van der Waals surface area contributed by atoms with Crippen molar-refractivity contribution in [1.82, 2.24) is 0 Å². The molecule has 1 unspecified atom stereocenters. The van der Waals surface area contributed by atoms with Crippen molar-refractivity contribution in [3.05, 3.63) is 57.2 Å². The molecule has 1 N–H and O–H groups in total. The fourth-order valence-electron chi connectivity index (χ4n) is 1.78. The van der Waals surface area contributed by atoms with Crippen LogP contribution in [0.3, 0.4) is 0 Å². The zero-order chi connectivity index (χ0) is 12.3. The summed E-state index contributed by atoms with van der Waals surface area (Å²) in [7, 11) is 0. The fraction of sp³-hybridized carbons (Fsp3) is 0.286. The van der Waals surface area contributed by atoms with Crippen molar-refractivity contribution in [2.24, 2.45) is 0 Å². The number of hydrogen-bond donors (Lipinski definition) is 1. The van der Waals surface area contributed by atoms with Crippen LogP contribution in [0.25, 0.3) is 0 Å². The molecular weight excluding hydrogens is 252 g/mol. The maximum atomic E-state index is 10.4. The second-order valence-electron chi connectivity index (χ2n) is 4.41. The van der Waals surface area contributed by atoms with Crippen LogP contribution in [0.1, 0.15) is 24.5 Å². The predicted octanol–water partition coefficient (Wildman–Crippen LogP) is 4.24. The molecule has 0 aliphatic heterocycles. The normalized spacial score (nSPS) is 14.5. The molecule has 90 valence electrons. The molecule has 0 aliphatic rings. The van der Waals surface area contributed by atoms with E-state index >= 15 is 0 Å². The number of aliphatic hydroxyl groups is 1. The Morgan fingerprint density at radius 3 is 2.53 bits per heavy atom. The van der Waals surface area contributed by atoms with E-state index in [1.54, 1.807) is 11.3 Å². The molecule has 0 saturated carbocycles. The number of rotatable bonds is 4. The van der Waals surface area contributed by atoms with Gasteiger partial charge in [0, 0.05) is 5.02 Å². The van der Waals surface area contributed by atoms with Gasteiger partial charge in [0.1, 0.15) is 0 Å². The number of aryl methyl sites for hydroxylation is 1. The van der Waals surface area contributed by atoms with Gasteiger partial charge in [-0.25, -0.2) is 0 Å². The first-order chi connectivity index (χ1) is 8.08. The maximum absolute atomic E-state index is 10.4. The van der Waals surface area contributed by atoms with Crippen molar-refractivity contribution in [2.45, 2.75) is 25.4 Å². The Morgan fingerprint density at radius 2 is 1.94 bits per heavy atom. The summed E-state index contributed by atoms with van der Waals surface area (Å²) >= 11 is 7.53. The summed E-state index contributed by atoms with van der Waals surface area (Å²) in [5.74, 6) is 0. The molecule has 2 rings (SSSR count). The van der Waals surface area contributed by atoms with E-state index in [0.29, 0.717) is 11.4 Å². The standard InChI is InChI=1S/C14H15ClOS/c1-14(16,8-6-11-7-9-17-10-11)12-2-4-13(15)5-3-12/h2-5,7,9-10,16H,6,8H2,1H3. The van der Waals surface area contributed by atoms with E-state index in [1.807, 2.05) is 31.2 Å². The van der Waals surface area contributed by atoms with E-state index in [2.05, 4.69) is 16.8 Å². The lowest BCUT2D eigenvalue weighted by Gasteiger charge is -2.23. The van der Waals surface area contributed by atoms with Crippen molar-refractivity contribution >= 4 is 22.9 Å². The third kappa shape index (κ3) is 3.32. The van der Waals surface area contributed by atoms with Crippen LogP contribution >= 0.6 is 22.9 Å². The first kappa shape index (κ1) is 12.6. The van der Waals surface area contributed by atoms with Crippen LogP contribution in [0, 0.1) is 0 Å².